The summed E-state index contributed by atoms with van der Waals surface area (Å²) in [6, 6.07) is 73.2. The van der Waals surface area contributed by atoms with E-state index in [1.54, 1.807) is 0 Å². The van der Waals surface area contributed by atoms with Gasteiger partial charge < -0.3 is 4.90 Å². The van der Waals surface area contributed by atoms with E-state index >= 15 is 0 Å². The standard InChI is InChI=1S/C50H33N/c1-3-15-36(16-4-1)46-33-50-48-31-42(27-28-45(48)47(37-17-5-2-6-18-37)32-49(50)44-22-12-11-21-43(44)46)51(40-25-23-34-13-7-9-19-38(34)29-40)41-26-24-35-14-8-10-20-39(35)30-41/h1-33H. The zero-order valence-corrected chi connectivity index (χ0v) is 28.0. The van der Waals surface area contributed by atoms with Crippen molar-refractivity contribution in [3.05, 3.63) is 200 Å². The van der Waals surface area contributed by atoms with Crippen LogP contribution >= 0.6 is 0 Å². The molecular weight excluding hydrogens is 615 g/mol. The Kier molecular flexibility index (Phi) is 6.89. The van der Waals surface area contributed by atoms with E-state index in [4.69, 9.17) is 0 Å². The van der Waals surface area contributed by atoms with Gasteiger partial charge in [0.2, 0.25) is 0 Å². The summed E-state index contributed by atoms with van der Waals surface area (Å²) in [6.45, 7) is 0. The van der Waals surface area contributed by atoms with Gasteiger partial charge in [-0.3, -0.25) is 0 Å². The maximum Gasteiger partial charge on any atom is 0.0468 e. The van der Waals surface area contributed by atoms with Crippen LogP contribution in [-0.4, -0.2) is 0 Å². The Labute approximate surface area is 297 Å². The van der Waals surface area contributed by atoms with Crippen LogP contribution in [0, 0.1) is 0 Å². The van der Waals surface area contributed by atoms with E-state index in [0.717, 1.165) is 17.1 Å². The molecule has 0 spiro atoms. The number of rotatable bonds is 5. The Morgan fingerprint density at radius 3 is 1.20 bits per heavy atom. The molecule has 10 rings (SSSR count). The third-order valence-corrected chi connectivity index (χ3v) is 10.4. The number of nitrogens with zero attached hydrogens (tertiary/aromatic N) is 1. The molecule has 0 radical (unpaired) electrons. The van der Waals surface area contributed by atoms with E-state index in [-0.39, 0.29) is 0 Å². The summed E-state index contributed by atoms with van der Waals surface area (Å²) in [7, 11) is 0. The zero-order chi connectivity index (χ0) is 33.7. The SMILES string of the molecule is c1ccc(-c2cc3c4cc(N(c5ccc6ccccc6c5)c5ccc6ccccc6c5)ccc4c(-c4ccccc4)cc3c3ccccc23)cc1. The molecule has 0 aromatic heterocycles. The Morgan fingerprint density at radius 1 is 0.235 bits per heavy atom. The van der Waals surface area contributed by atoms with E-state index in [1.807, 2.05) is 0 Å². The van der Waals surface area contributed by atoms with Gasteiger partial charge in [0.25, 0.3) is 0 Å². The van der Waals surface area contributed by atoms with E-state index in [9.17, 15) is 0 Å². The minimum atomic E-state index is 1.12. The topological polar surface area (TPSA) is 3.24 Å². The fourth-order valence-electron chi connectivity index (χ4n) is 7.92. The van der Waals surface area contributed by atoms with Crippen LogP contribution in [-0.2, 0) is 0 Å². The highest BCUT2D eigenvalue weighted by molar-refractivity contribution is 6.24. The lowest BCUT2D eigenvalue weighted by molar-refractivity contribution is 1.30. The van der Waals surface area contributed by atoms with Gasteiger partial charge in [0, 0.05) is 17.1 Å². The van der Waals surface area contributed by atoms with Crippen LogP contribution in [0.2, 0.25) is 0 Å². The number of anilines is 3. The molecule has 0 bridgehead atoms. The maximum atomic E-state index is 2.42. The Morgan fingerprint density at radius 2 is 0.627 bits per heavy atom. The minimum absolute atomic E-state index is 1.12. The van der Waals surface area contributed by atoms with Crippen molar-refractivity contribution in [2.75, 3.05) is 4.90 Å². The molecule has 0 aliphatic carbocycles. The maximum absolute atomic E-state index is 2.42. The molecule has 0 saturated carbocycles. The lowest BCUT2D eigenvalue weighted by Crippen LogP contribution is -2.10. The summed E-state index contributed by atoms with van der Waals surface area (Å²) in [5.41, 5.74) is 8.30. The second kappa shape index (κ2) is 12.0. The normalized spacial score (nSPS) is 11.5. The van der Waals surface area contributed by atoms with Crippen molar-refractivity contribution in [2.24, 2.45) is 0 Å². The van der Waals surface area contributed by atoms with Crippen molar-refractivity contribution in [1.82, 2.24) is 0 Å². The Bertz CT molecular complexity index is 2830. The molecule has 0 amide bonds. The van der Waals surface area contributed by atoms with Crippen LogP contribution in [0.25, 0.3) is 76.1 Å². The molecule has 0 unspecified atom stereocenters. The van der Waals surface area contributed by atoms with Crippen molar-refractivity contribution < 1.29 is 0 Å². The quantitative estimate of drug-likeness (QED) is 0.168. The van der Waals surface area contributed by atoms with Gasteiger partial charge in [0.15, 0.2) is 0 Å². The van der Waals surface area contributed by atoms with Crippen LogP contribution in [0.5, 0.6) is 0 Å². The number of hydrogen-bond acceptors (Lipinski definition) is 1. The number of fused-ring (bicyclic) bond motifs is 7. The molecule has 0 N–H and O–H groups in total. The van der Waals surface area contributed by atoms with E-state index < -0.39 is 0 Å². The largest absolute Gasteiger partial charge is 0.310 e. The lowest BCUT2D eigenvalue weighted by atomic mass is 9.87. The van der Waals surface area contributed by atoms with Gasteiger partial charge in [0.05, 0.1) is 0 Å². The molecule has 0 saturated heterocycles. The summed E-state index contributed by atoms with van der Waals surface area (Å²) in [6.07, 6.45) is 0. The minimum Gasteiger partial charge on any atom is -0.310 e. The average molecular weight is 648 g/mol. The van der Waals surface area contributed by atoms with Gasteiger partial charge >= 0.3 is 0 Å². The van der Waals surface area contributed by atoms with Crippen LogP contribution in [0.15, 0.2) is 200 Å². The van der Waals surface area contributed by atoms with Crippen molar-refractivity contribution >= 4 is 70.9 Å². The first-order chi connectivity index (χ1) is 25.3. The molecule has 10 aromatic rings. The molecule has 238 valence electrons. The summed E-state index contributed by atoms with van der Waals surface area (Å²) in [4.78, 5) is 2.42. The fraction of sp³-hybridized carbons (Fsp3) is 0. The first-order valence-corrected chi connectivity index (χ1v) is 17.6. The van der Waals surface area contributed by atoms with Gasteiger partial charge in [-0.15, -0.1) is 0 Å². The monoisotopic (exact) mass is 647 g/mol. The molecule has 51 heavy (non-hydrogen) atoms. The second-order valence-electron chi connectivity index (χ2n) is 13.3. The summed E-state index contributed by atoms with van der Waals surface area (Å²) in [5, 5.41) is 12.4. The van der Waals surface area contributed by atoms with Gasteiger partial charge in [-0.1, -0.05) is 152 Å². The highest BCUT2D eigenvalue weighted by atomic mass is 15.1. The predicted molar refractivity (Wildman–Crippen MR) is 220 cm³/mol. The molecule has 0 aliphatic rings. The van der Waals surface area contributed by atoms with Crippen molar-refractivity contribution in [2.45, 2.75) is 0 Å². The van der Waals surface area contributed by atoms with E-state index in [0.29, 0.717) is 0 Å². The Balaban J connectivity index is 1.30. The van der Waals surface area contributed by atoms with Crippen LogP contribution in [0.1, 0.15) is 0 Å². The smallest absolute Gasteiger partial charge is 0.0468 e. The van der Waals surface area contributed by atoms with Crippen molar-refractivity contribution in [3.8, 4) is 22.3 Å². The lowest BCUT2D eigenvalue weighted by Gasteiger charge is -2.27. The number of hydrogen-bond donors (Lipinski definition) is 0. The van der Waals surface area contributed by atoms with Crippen molar-refractivity contribution in [3.63, 3.8) is 0 Å². The first kappa shape index (κ1) is 29.2. The second-order valence-corrected chi connectivity index (χ2v) is 13.3. The van der Waals surface area contributed by atoms with Gasteiger partial charge in [-0.05, 0) is 125 Å². The van der Waals surface area contributed by atoms with E-state index in [2.05, 4.69) is 205 Å². The third-order valence-electron chi connectivity index (χ3n) is 10.4. The summed E-state index contributed by atoms with van der Waals surface area (Å²) in [5.74, 6) is 0. The zero-order valence-electron chi connectivity index (χ0n) is 28.0. The highest BCUT2D eigenvalue weighted by Gasteiger charge is 2.19. The highest BCUT2D eigenvalue weighted by Crippen LogP contribution is 2.45. The van der Waals surface area contributed by atoms with Crippen LogP contribution in [0.4, 0.5) is 17.1 Å². The fourth-order valence-corrected chi connectivity index (χ4v) is 7.92. The predicted octanol–water partition coefficient (Wildman–Crippen LogP) is 14.3. The molecule has 10 aromatic carbocycles. The molecule has 0 aliphatic heterocycles. The van der Waals surface area contributed by atoms with E-state index in [1.165, 1.54) is 76.1 Å². The van der Waals surface area contributed by atoms with Gasteiger partial charge in [0.1, 0.15) is 0 Å². The molecule has 0 atom stereocenters. The molecule has 0 fully saturated rings. The first-order valence-electron chi connectivity index (χ1n) is 17.6. The molecule has 1 nitrogen and oxygen atoms in total. The number of benzene rings is 10. The summed E-state index contributed by atoms with van der Waals surface area (Å²) < 4.78 is 0. The van der Waals surface area contributed by atoms with Gasteiger partial charge in [-0.2, -0.15) is 0 Å². The average Bonchev–Trinajstić information content (AvgIpc) is 3.21. The molecule has 1 heteroatoms. The van der Waals surface area contributed by atoms with Crippen LogP contribution < -0.4 is 4.90 Å². The summed E-state index contributed by atoms with van der Waals surface area (Å²) >= 11 is 0. The Hall–Kier alpha value is -6.70. The molecule has 0 heterocycles. The van der Waals surface area contributed by atoms with Crippen LogP contribution in [0.3, 0.4) is 0 Å². The van der Waals surface area contributed by atoms with Gasteiger partial charge in [-0.25, -0.2) is 0 Å². The third kappa shape index (κ3) is 5.02. The molecular formula is C50H33N. The van der Waals surface area contributed by atoms with Crippen molar-refractivity contribution in [1.29, 1.82) is 0 Å².